The highest BCUT2D eigenvalue weighted by Gasteiger charge is 2.39. The molecule has 2 aromatic carbocycles. The van der Waals surface area contributed by atoms with Crippen LogP contribution in [0.5, 0.6) is 11.5 Å². The highest BCUT2D eigenvalue weighted by molar-refractivity contribution is 5.95. The van der Waals surface area contributed by atoms with Gasteiger partial charge in [-0.05, 0) is 25.5 Å². The summed E-state index contributed by atoms with van der Waals surface area (Å²) in [5.41, 5.74) is 0.593. The standard InChI is InChI=1S/C22H24N4O7/c1-4-32-21(27)19-13(2)25(23)22(28)24-20(19)15-10-17(31-3)18(11-16(15)26(29)30)33-12-14-8-6-5-7-9-14/h5-11,20H,4,12,23H2,1-3H3,(H,24,28)/t20-/m1/s1. The lowest BCUT2D eigenvalue weighted by Crippen LogP contribution is -2.51. The zero-order chi connectivity index (χ0) is 24.1. The number of hydrazine groups is 1. The van der Waals surface area contributed by atoms with Gasteiger partial charge in [-0.3, -0.25) is 10.1 Å². The zero-order valence-electron chi connectivity index (χ0n) is 18.4. The Labute approximate surface area is 189 Å². The number of hydrogen-bond donors (Lipinski definition) is 2. The van der Waals surface area contributed by atoms with E-state index in [1.54, 1.807) is 6.92 Å². The molecule has 2 amide bonds. The number of allylic oxidation sites excluding steroid dienone is 1. The number of rotatable bonds is 8. The number of amides is 2. The number of nitro benzene ring substituents is 1. The van der Waals surface area contributed by atoms with Crippen LogP contribution in [-0.2, 0) is 16.1 Å². The Balaban J connectivity index is 2.09. The minimum Gasteiger partial charge on any atom is -0.493 e. The second-order valence-corrected chi connectivity index (χ2v) is 7.07. The molecule has 11 heteroatoms. The summed E-state index contributed by atoms with van der Waals surface area (Å²) in [5.74, 6) is 5.31. The highest BCUT2D eigenvalue weighted by atomic mass is 16.6. The lowest BCUT2D eigenvalue weighted by Gasteiger charge is -2.32. The quantitative estimate of drug-likeness (QED) is 0.203. The predicted molar refractivity (Wildman–Crippen MR) is 117 cm³/mol. The molecule has 33 heavy (non-hydrogen) atoms. The fourth-order valence-corrected chi connectivity index (χ4v) is 3.43. The van der Waals surface area contributed by atoms with Crippen LogP contribution >= 0.6 is 0 Å². The van der Waals surface area contributed by atoms with Crippen LogP contribution in [0.2, 0.25) is 0 Å². The third-order valence-electron chi connectivity index (χ3n) is 5.08. The molecular formula is C22H24N4O7. The van der Waals surface area contributed by atoms with Crippen LogP contribution in [-0.4, -0.2) is 35.6 Å². The Morgan fingerprint density at radius 3 is 2.55 bits per heavy atom. The van der Waals surface area contributed by atoms with Crippen LogP contribution in [0.3, 0.4) is 0 Å². The SMILES string of the molecule is CCOC(=O)C1=C(C)N(N)C(=O)N[C@@H]1c1cc(OC)c(OCc2ccccc2)cc1[N+](=O)[O-]. The molecule has 0 aliphatic carbocycles. The van der Waals surface area contributed by atoms with Gasteiger partial charge >= 0.3 is 12.0 Å². The first kappa shape index (κ1) is 23.5. The Bertz CT molecular complexity index is 1100. The predicted octanol–water partition coefficient (Wildman–Crippen LogP) is 2.96. The number of hydrogen-bond acceptors (Lipinski definition) is 8. The average molecular weight is 456 g/mol. The Morgan fingerprint density at radius 2 is 1.94 bits per heavy atom. The number of carbonyl (C=O) groups excluding carboxylic acids is 2. The summed E-state index contributed by atoms with van der Waals surface area (Å²) < 4.78 is 16.3. The molecule has 1 atom stereocenters. The number of ether oxygens (including phenoxy) is 3. The topological polar surface area (TPSA) is 146 Å². The highest BCUT2D eigenvalue weighted by Crippen LogP contribution is 2.41. The number of methoxy groups -OCH3 is 1. The molecule has 11 nitrogen and oxygen atoms in total. The summed E-state index contributed by atoms with van der Waals surface area (Å²) in [7, 11) is 1.38. The third kappa shape index (κ3) is 4.88. The van der Waals surface area contributed by atoms with E-state index in [1.807, 2.05) is 30.3 Å². The van der Waals surface area contributed by atoms with Crippen LogP contribution in [0.25, 0.3) is 0 Å². The number of carbonyl (C=O) groups is 2. The molecule has 0 radical (unpaired) electrons. The maximum Gasteiger partial charge on any atom is 0.338 e. The van der Waals surface area contributed by atoms with Crippen molar-refractivity contribution in [1.82, 2.24) is 10.3 Å². The molecule has 1 heterocycles. The first-order valence-corrected chi connectivity index (χ1v) is 10.0. The van der Waals surface area contributed by atoms with E-state index in [1.165, 1.54) is 26.2 Å². The van der Waals surface area contributed by atoms with Crippen LogP contribution < -0.4 is 20.6 Å². The van der Waals surface area contributed by atoms with Crippen molar-refractivity contribution in [3.05, 3.63) is 75.0 Å². The van der Waals surface area contributed by atoms with E-state index in [0.29, 0.717) is 0 Å². The van der Waals surface area contributed by atoms with Crippen molar-refractivity contribution in [3.8, 4) is 11.5 Å². The van der Waals surface area contributed by atoms with E-state index in [2.05, 4.69) is 5.32 Å². The maximum absolute atomic E-state index is 12.7. The molecule has 0 spiro atoms. The van der Waals surface area contributed by atoms with Crippen molar-refractivity contribution >= 4 is 17.7 Å². The van der Waals surface area contributed by atoms with Crippen molar-refractivity contribution in [2.75, 3.05) is 13.7 Å². The minimum atomic E-state index is -1.19. The van der Waals surface area contributed by atoms with Crippen molar-refractivity contribution in [3.63, 3.8) is 0 Å². The largest absolute Gasteiger partial charge is 0.493 e. The summed E-state index contributed by atoms with van der Waals surface area (Å²) in [5, 5.41) is 15.2. The normalized spacial score (nSPS) is 15.7. The Kier molecular flexibility index (Phi) is 7.13. The first-order chi connectivity index (χ1) is 15.8. The van der Waals surface area contributed by atoms with Gasteiger partial charge in [0.25, 0.3) is 5.69 Å². The smallest absolute Gasteiger partial charge is 0.338 e. The molecule has 174 valence electrons. The van der Waals surface area contributed by atoms with Crippen LogP contribution in [0.1, 0.15) is 31.0 Å². The molecule has 0 aromatic heterocycles. The van der Waals surface area contributed by atoms with Crippen molar-refractivity contribution in [1.29, 1.82) is 0 Å². The fraction of sp³-hybridized carbons (Fsp3) is 0.273. The molecule has 2 aromatic rings. The summed E-state index contributed by atoms with van der Waals surface area (Å²) in [4.78, 5) is 36.3. The molecule has 3 rings (SSSR count). The second kappa shape index (κ2) is 10.0. The van der Waals surface area contributed by atoms with Gasteiger partial charge in [-0.1, -0.05) is 30.3 Å². The number of urea groups is 1. The van der Waals surface area contributed by atoms with E-state index in [-0.39, 0.29) is 47.2 Å². The number of nitrogens with one attached hydrogen (secondary N) is 1. The average Bonchev–Trinajstić information content (AvgIpc) is 2.81. The summed E-state index contributed by atoms with van der Waals surface area (Å²) >= 11 is 0. The van der Waals surface area contributed by atoms with Crippen molar-refractivity contribution in [2.45, 2.75) is 26.5 Å². The summed E-state index contributed by atoms with van der Waals surface area (Å²) in [6.45, 7) is 3.30. The van der Waals surface area contributed by atoms with Gasteiger partial charge in [-0.15, -0.1) is 0 Å². The second-order valence-electron chi connectivity index (χ2n) is 7.07. The van der Waals surface area contributed by atoms with E-state index in [0.717, 1.165) is 10.6 Å². The first-order valence-electron chi connectivity index (χ1n) is 10.0. The summed E-state index contributed by atoms with van der Waals surface area (Å²) in [6, 6.07) is 9.91. The molecule has 1 aliphatic rings. The molecular weight excluding hydrogens is 432 g/mol. The Morgan fingerprint density at radius 1 is 1.24 bits per heavy atom. The van der Waals surface area contributed by atoms with E-state index >= 15 is 0 Å². The third-order valence-corrected chi connectivity index (χ3v) is 5.08. The lowest BCUT2D eigenvalue weighted by molar-refractivity contribution is -0.385. The minimum absolute atomic E-state index is 0.0211. The molecule has 3 N–H and O–H groups in total. The lowest BCUT2D eigenvalue weighted by atomic mass is 9.93. The van der Waals surface area contributed by atoms with E-state index in [9.17, 15) is 19.7 Å². The van der Waals surface area contributed by atoms with E-state index in [4.69, 9.17) is 20.1 Å². The molecule has 1 aliphatic heterocycles. The van der Waals surface area contributed by atoms with Gasteiger partial charge in [-0.25, -0.2) is 20.4 Å². The number of nitrogens with two attached hydrogens (primary N) is 1. The van der Waals surface area contributed by atoms with Gasteiger partial charge in [-0.2, -0.15) is 0 Å². The van der Waals surface area contributed by atoms with Gasteiger partial charge in [0.15, 0.2) is 11.5 Å². The number of nitrogens with zero attached hydrogens (tertiary/aromatic N) is 2. The molecule has 0 fully saturated rings. The fourth-order valence-electron chi connectivity index (χ4n) is 3.43. The maximum atomic E-state index is 12.7. The molecule has 0 unspecified atom stereocenters. The van der Waals surface area contributed by atoms with Gasteiger partial charge in [0.05, 0.1) is 41.9 Å². The van der Waals surface area contributed by atoms with Crippen LogP contribution in [0.4, 0.5) is 10.5 Å². The monoisotopic (exact) mass is 456 g/mol. The van der Waals surface area contributed by atoms with Crippen molar-refractivity contribution in [2.24, 2.45) is 5.84 Å². The van der Waals surface area contributed by atoms with Crippen LogP contribution in [0, 0.1) is 10.1 Å². The van der Waals surface area contributed by atoms with E-state index < -0.39 is 23.0 Å². The summed E-state index contributed by atoms with van der Waals surface area (Å²) in [6.07, 6.45) is 0. The molecule has 0 saturated carbocycles. The van der Waals surface area contributed by atoms with Crippen LogP contribution in [0.15, 0.2) is 53.7 Å². The number of benzene rings is 2. The van der Waals surface area contributed by atoms with Gasteiger partial charge in [0.2, 0.25) is 0 Å². The van der Waals surface area contributed by atoms with Gasteiger partial charge in [0.1, 0.15) is 6.61 Å². The molecule has 0 saturated heterocycles. The Hall–Kier alpha value is -4.12. The zero-order valence-corrected chi connectivity index (χ0v) is 18.4. The molecule has 0 bridgehead atoms. The van der Waals surface area contributed by atoms with Gasteiger partial charge < -0.3 is 19.5 Å². The number of esters is 1. The number of nitro groups is 1. The van der Waals surface area contributed by atoms with Gasteiger partial charge in [0, 0.05) is 5.70 Å². The van der Waals surface area contributed by atoms with Crippen molar-refractivity contribution < 1.29 is 28.7 Å².